The molecule has 6 nitrogen and oxygen atoms in total. The first-order valence-electron chi connectivity index (χ1n) is 8.46. The predicted octanol–water partition coefficient (Wildman–Crippen LogP) is 3.01. The van der Waals surface area contributed by atoms with Crippen molar-refractivity contribution in [2.75, 3.05) is 24.6 Å². The van der Waals surface area contributed by atoms with Crippen molar-refractivity contribution in [2.24, 2.45) is 0 Å². The fraction of sp³-hybridized carbons (Fsp3) is 0.316. The van der Waals surface area contributed by atoms with Crippen molar-refractivity contribution in [2.45, 2.75) is 19.9 Å². The number of carbonyl (C=O) groups is 2. The van der Waals surface area contributed by atoms with Crippen LogP contribution in [-0.2, 0) is 4.79 Å². The maximum atomic E-state index is 13.0. The third-order valence-electron chi connectivity index (χ3n) is 4.27. The van der Waals surface area contributed by atoms with E-state index in [-0.39, 0.29) is 24.4 Å². The smallest absolute Gasteiger partial charge is 0.260 e. The number of benzene rings is 1. The molecule has 1 unspecified atom stereocenters. The zero-order valence-electron chi connectivity index (χ0n) is 14.7. The SMILES string of the molecule is CCOc1ncccc1C(=O)N1CC(=O)N(c2ccc(Cl)cc2)CC1C. The molecule has 1 fully saturated rings. The normalized spacial score (nSPS) is 17.3. The van der Waals surface area contributed by atoms with E-state index in [1.54, 1.807) is 52.4 Å². The molecular formula is C19H20ClN3O3. The average molecular weight is 374 g/mol. The number of halogens is 1. The number of aromatic nitrogens is 1. The zero-order valence-corrected chi connectivity index (χ0v) is 15.4. The molecule has 26 heavy (non-hydrogen) atoms. The van der Waals surface area contributed by atoms with Crippen LogP contribution in [0.15, 0.2) is 42.6 Å². The van der Waals surface area contributed by atoms with Gasteiger partial charge >= 0.3 is 0 Å². The lowest BCUT2D eigenvalue weighted by Crippen LogP contribution is -2.57. The molecule has 1 saturated heterocycles. The van der Waals surface area contributed by atoms with E-state index in [1.165, 1.54) is 0 Å². The lowest BCUT2D eigenvalue weighted by Gasteiger charge is -2.39. The number of amides is 2. The maximum Gasteiger partial charge on any atom is 0.260 e. The fourth-order valence-corrected chi connectivity index (χ4v) is 3.08. The van der Waals surface area contributed by atoms with Gasteiger partial charge in [0.1, 0.15) is 12.1 Å². The molecule has 136 valence electrons. The molecule has 2 heterocycles. The molecule has 0 saturated carbocycles. The molecule has 2 amide bonds. The third kappa shape index (κ3) is 3.65. The Labute approximate surface area is 157 Å². The van der Waals surface area contributed by atoms with Crippen LogP contribution in [-0.4, -0.2) is 47.4 Å². The van der Waals surface area contributed by atoms with Crippen molar-refractivity contribution < 1.29 is 14.3 Å². The van der Waals surface area contributed by atoms with Crippen LogP contribution in [0.3, 0.4) is 0 Å². The van der Waals surface area contributed by atoms with Crippen molar-refractivity contribution in [3.63, 3.8) is 0 Å². The molecule has 1 aliphatic heterocycles. The second-order valence-electron chi connectivity index (χ2n) is 6.05. The number of carbonyl (C=O) groups excluding carboxylic acids is 2. The van der Waals surface area contributed by atoms with Gasteiger partial charge in [-0.15, -0.1) is 0 Å². The van der Waals surface area contributed by atoms with E-state index in [9.17, 15) is 9.59 Å². The Morgan fingerprint density at radius 2 is 2.04 bits per heavy atom. The molecular weight excluding hydrogens is 354 g/mol. The van der Waals surface area contributed by atoms with Crippen molar-refractivity contribution >= 4 is 29.1 Å². The standard InChI is InChI=1S/C19H20ClN3O3/c1-3-26-18-16(5-4-10-21-18)19(25)22-12-17(24)23(11-13(22)2)15-8-6-14(20)7-9-15/h4-10,13H,3,11-12H2,1-2H3. The molecule has 0 spiro atoms. The van der Waals surface area contributed by atoms with Gasteiger partial charge in [-0.3, -0.25) is 9.59 Å². The molecule has 2 aromatic rings. The van der Waals surface area contributed by atoms with Crippen molar-refractivity contribution in [3.05, 3.63) is 53.2 Å². The minimum atomic E-state index is -0.252. The van der Waals surface area contributed by atoms with E-state index in [0.717, 1.165) is 5.69 Å². The van der Waals surface area contributed by atoms with Crippen molar-refractivity contribution in [1.29, 1.82) is 0 Å². The van der Waals surface area contributed by atoms with E-state index < -0.39 is 0 Å². The van der Waals surface area contributed by atoms with Gasteiger partial charge < -0.3 is 14.5 Å². The summed E-state index contributed by atoms with van der Waals surface area (Å²) in [5, 5.41) is 0.614. The molecule has 1 atom stereocenters. The van der Waals surface area contributed by atoms with Crippen LogP contribution >= 0.6 is 11.6 Å². The molecule has 0 bridgehead atoms. The summed E-state index contributed by atoms with van der Waals surface area (Å²) in [7, 11) is 0. The van der Waals surface area contributed by atoms with Crippen LogP contribution in [0, 0.1) is 0 Å². The summed E-state index contributed by atoms with van der Waals surface area (Å²) in [4.78, 5) is 33.0. The Hall–Kier alpha value is -2.60. The Morgan fingerprint density at radius 3 is 2.73 bits per heavy atom. The van der Waals surface area contributed by atoms with Gasteiger partial charge in [-0.05, 0) is 50.2 Å². The van der Waals surface area contributed by atoms with E-state index in [1.807, 2.05) is 13.8 Å². The minimum absolute atomic E-state index is 0.00306. The van der Waals surface area contributed by atoms with Gasteiger partial charge in [0, 0.05) is 29.5 Å². The van der Waals surface area contributed by atoms with E-state index in [2.05, 4.69) is 4.98 Å². The Morgan fingerprint density at radius 1 is 1.31 bits per heavy atom. The van der Waals surface area contributed by atoms with Crippen LogP contribution in [0.2, 0.25) is 5.02 Å². The molecule has 3 rings (SSSR count). The first-order chi connectivity index (χ1) is 12.5. The molecule has 1 aromatic heterocycles. The van der Waals surface area contributed by atoms with E-state index >= 15 is 0 Å². The van der Waals surface area contributed by atoms with Gasteiger partial charge in [0.2, 0.25) is 11.8 Å². The summed E-state index contributed by atoms with van der Waals surface area (Å²) >= 11 is 5.91. The molecule has 0 aliphatic carbocycles. The Balaban J connectivity index is 1.80. The van der Waals surface area contributed by atoms with Crippen LogP contribution in [0.1, 0.15) is 24.2 Å². The highest BCUT2D eigenvalue weighted by molar-refractivity contribution is 6.30. The number of nitrogens with zero attached hydrogens (tertiary/aromatic N) is 3. The first-order valence-corrected chi connectivity index (χ1v) is 8.83. The Kier molecular flexibility index (Phi) is 5.42. The summed E-state index contributed by atoms with van der Waals surface area (Å²) in [5.41, 5.74) is 1.14. The lowest BCUT2D eigenvalue weighted by atomic mass is 10.1. The van der Waals surface area contributed by atoms with Gasteiger partial charge in [-0.1, -0.05) is 11.6 Å². The highest BCUT2D eigenvalue weighted by Crippen LogP contribution is 2.25. The van der Waals surface area contributed by atoms with Gasteiger partial charge in [-0.25, -0.2) is 4.98 Å². The molecule has 7 heteroatoms. The van der Waals surface area contributed by atoms with E-state index in [4.69, 9.17) is 16.3 Å². The quantitative estimate of drug-likeness (QED) is 0.826. The minimum Gasteiger partial charge on any atom is -0.477 e. The fourth-order valence-electron chi connectivity index (χ4n) is 2.95. The number of pyridine rings is 1. The lowest BCUT2D eigenvalue weighted by molar-refractivity contribution is -0.121. The van der Waals surface area contributed by atoms with Crippen LogP contribution in [0.25, 0.3) is 0 Å². The summed E-state index contributed by atoms with van der Waals surface area (Å²) in [6.07, 6.45) is 1.58. The summed E-state index contributed by atoms with van der Waals surface area (Å²) in [5.74, 6) is -0.0986. The van der Waals surface area contributed by atoms with E-state index in [0.29, 0.717) is 29.6 Å². The average Bonchev–Trinajstić information content (AvgIpc) is 2.64. The predicted molar refractivity (Wildman–Crippen MR) is 99.7 cm³/mol. The van der Waals surface area contributed by atoms with Crippen molar-refractivity contribution in [1.82, 2.24) is 9.88 Å². The van der Waals surface area contributed by atoms with Gasteiger partial charge in [-0.2, -0.15) is 0 Å². The second-order valence-corrected chi connectivity index (χ2v) is 6.49. The third-order valence-corrected chi connectivity index (χ3v) is 4.52. The summed E-state index contributed by atoms with van der Waals surface area (Å²) in [6, 6.07) is 10.3. The van der Waals surface area contributed by atoms with Gasteiger partial charge in [0.15, 0.2) is 0 Å². The summed E-state index contributed by atoms with van der Waals surface area (Å²) < 4.78 is 5.45. The largest absolute Gasteiger partial charge is 0.477 e. The second kappa shape index (κ2) is 7.74. The number of ether oxygens (including phenoxy) is 1. The topological polar surface area (TPSA) is 62.7 Å². The molecule has 0 N–H and O–H groups in total. The van der Waals surface area contributed by atoms with Gasteiger partial charge in [0.25, 0.3) is 5.91 Å². The number of piperazine rings is 1. The monoisotopic (exact) mass is 373 g/mol. The van der Waals surface area contributed by atoms with Crippen LogP contribution in [0.5, 0.6) is 5.88 Å². The zero-order chi connectivity index (χ0) is 18.7. The van der Waals surface area contributed by atoms with Crippen LogP contribution in [0.4, 0.5) is 5.69 Å². The Bertz CT molecular complexity index is 810. The van der Waals surface area contributed by atoms with Crippen LogP contribution < -0.4 is 9.64 Å². The maximum absolute atomic E-state index is 13.0. The number of hydrogen-bond donors (Lipinski definition) is 0. The number of anilines is 1. The molecule has 0 radical (unpaired) electrons. The first kappa shape index (κ1) is 18.2. The number of hydrogen-bond acceptors (Lipinski definition) is 4. The summed E-state index contributed by atoms with van der Waals surface area (Å²) in [6.45, 7) is 4.58. The highest BCUT2D eigenvalue weighted by Gasteiger charge is 2.34. The van der Waals surface area contributed by atoms with Crippen molar-refractivity contribution in [3.8, 4) is 5.88 Å². The highest BCUT2D eigenvalue weighted by atomic mass is 35.5. The number of rotatable bonds is 4. The molecule has 1 aromatic carbocycles. The molecule has 1 aliphatic rings. The van der Waals surface area contributed by atoms with Gasteiger partial charge in [0.05, 0.1) is 6.61 Å².